The summed E-state index contributed by atoms with van der Waals surface area (Å²) < 4.78 is 13.7. The molecule has 0 atom stereocenters. The highest BCUT2D eigenvalue weighted by atomic mass is 35.5. The number of anilines is 1. The van der Waals surface area contributed by atoms with E-state index in [0.29, 0.717) is 44.3 Å². The maximum atomic E-state index is 13.2. The number of carbonyl (C=O) groups is 1. The van der Waals surface area contributed by atoms with E-state index in [0.717, 1.165) is 0 Å². The van der Waals surface area contributed by atoms with E-state index in [1.165, 1.54) is 4.57 Å². The number of aromatic nitrogens is 4. The monoisotopic (exact) mass is 464 g/mol. The summed E-state index contributed by atoms with van der Waals surface area (Å²) in [6.45, 7) is 10.2. The Balaban J connectivity index is 1.93. The van der Waals surface area contributed by atoms with Crippen molar-refractivity contribution in [1.29, 1.82) is 0 Å². The Kier molecular flexibility index (Phi) is 7.31. The van der Waals surface area contributed by atoms with E-state index >= 15 is 0 Å². The first-order chi connectivity index (χ1) is 15.2. The number of fused-ring (bicyclic) bond motifs is 1. The third-order valence-corrected chi connectivity index (χ3v) is 5.23. The van der Waals surface area contributed by atoms with E-state index in [-0.39, 0.29) is 35.7 Å². The molecule has 1 fully saturated rings. The number of rotatable bonds is 5. The van der Waals surface area contributed by atoms with Crippen molar-refractivity contribution < 1.29 is 14.3 Å². The minimum atomic E-state index is -0.547. The first-order valence-electron chi connectivity index (χ1n) is 10.4. The van der Waals surface area contributed by atoms with Gasteiger partial charge in [0.1, 0.15) is 5.60 Å². The van der Waals surface area contributed by atoms with Gasteiger partial charge in [-0.15, -0.1) is 5.92 Å². The van der Waals surface area contributed by atoms with Crippen LogP contribution < -0.4 is 10.5 Å². The highest BCUT2D eigenvalue weighted by Gasteiger charge is 2.29. The summed E-state index contributed by atoms with van der Waals surface area (Å²) in [5.41, 5.74) is -0.218. The van der Waals surface area contributed by atoms with E-state index in [4.69, 9.17) is 21.1 Å². The van der Waals surface area contributed by atoms with Crippen molar-refractivity contribution in [1.82, 2.24) is 24.0 Å². The molecule has 1 aliphatic rings. The van der Waals surface area contributed by atoms with Gasteiger partial charge in [0.15, 0.2) is 11.2 Å². The van der Waals surface area contributed by atoms with Crippen molar-refractivity contribution in [2.24, 2.45) is 0 Å². The maximum Gasteiger partial charge on any atom is 0.410 e. The van der Waals surface area contributed by atoms with Crippen molar-refractivity contribution in [2.75, 3.05) is 44.8 Å². The van der Waals surface area contributed by atoms with Gasteiger partial charge in [0.05, 0.1) is 19.7 Å². The molecule has 3 heterocycles. The number of halogens is 1. The van der Waals surface area contributed by atoms with Gasteiger partial charge in [-0.05, 0) is 39.3 Å². The number of piperazine rings is 1. The lowest BCUT2D eigenvalue weighted by atomic mass is 10.2. The van der Waals surface area contributed by atoms with E-state index < -0.39 is 5.60 Å². The molecule has 0 saturated carbocycles. The van der Waals surface area contributed by atoms with Crippen LogP contribution in [0.4, 0.5) is 10.7 Å². The highest BCUT2D eigenvalue weighted by molar-refractivity contribution is 6.28. The molecule has 0 unspecified atom stereocenters. The number of methoxy groups -OCH3 is 1. The van der Waals surface area contributed by atoms with Gasteiger partial charge in [-0.1, -0.05) is 5.92 Å². The molecule has 2 aromatic heterocycles. The summed E-state index contributed by atoms with van der Waals surface area (Å²) in [6, 6.07) is 0. The second kappa shape index (κ2) is 9.79. The molecule has 1 saturated heterocycles. The third-order valence-electron chi connectivity index (χ3n) is 4.94. The number of hydrogen-bond donors (Lipinski definition) is 0. The lowest BCUT2D eigenvalue weighted by molar-refractivity contribution is 0.0240. The third kappa shape index (κ3) is 5.16. The van der Waals surface area contributed by atoms with Crippen LogP contribution in [-0.2, 0) is 22.6 Å². The van der Waals surface area contributed by atoms with Crippen LogP contribution in [0, 0.1) is 11.8 Å². The summed E-state index contributed by atoms with van der Waals surface area (Å²) >= 11 is 6.25. The van der Waals surface area contributed by atoms with Crippen LogP contribution in [0.25, 0.3) is 11.2 Å². The molecule has 1 aliphatic heterocycles. The Morgan fingerprint density at radius 3 is 2.44 bits per heavy atom. The molecular formula is C21H29ClN6O4. The van der Waals surface area contributed by atoms with E-state index in [2.05, 4.69) is 21.8 Å². The SMILES string of the molecule is CC#CCn1c(N2CCN(C(=O)OC(C)(C)C)CC2)nc2nc(Cl)n(CCOC)c(=O)c21. The Labute approximate surface area is 192 Å². The predicted octanol–water partition coefficient (Wildman–Crippen LogP) is 1.97. The van der Waals surface area contributed by atoms with E-state index in [1.54, 1.807) is 23.5 Å². The van der Waals surface area contributed by atoms with Crippen molar-refractivity contribution in [3.8, 4) is 11.8 Å². The van der Waals surface area contributed by atoms with Gasteiger partial charge in [-0.3, -0.25) is 13.9 Å². The summed E-state index contributed by atoms with van der Waals surface area (Å²) in [5.74, 6) is 6.45. The van der Waals surface area contributed by atoms with Gasteiger partial charge in [0.2, 0.25) is 11.2 Å². The molecule has 11 heteroatoms. The number of imidazole rings is 1. The Bertz CT molecular complexity index is 1100. The lowest BCUT2D eigenvalue weighted by Gasteiger charge is -2.36. The predicted molar refractivity (Wildman–Crippen MR) is 122 cm³/mol. The zero-order valence-electron chi connectivity index (χ0n) is 19.1. The van der Waals surface area contributed by atoms with Crippen molar-refractivity contribution in [3.63, 3.8) is 0 Å². The topological polar surface area (TPSA) is 94.7 Å². The summed E-state index contributed by atoms with van der Waals surface area (Å²) in [5, 5.41) is 0.0621. The summed E-state index contributed by atoms with van der Waals surface area (Å²) in [7, 11) is 1.56. The molecular weight excluding hydrogens is 436 g/mol. The molecule has 0 aliphatic carbocycles. The zero-order valence-corrected chi connectivity index (χ0v) is 19.9. The van der Waals surface area contributed by atoms with E-state index in [9.17, 15) is 9.59 Å². The second-order valence-corrected chi connectivity index (χ2v) is 8.72. The van der Waals surface area contributed by atoms with Crippen molar-refractivity contribution in [2.45, 2.75) is 46.4 Å². The fourth-order valence-electron chi connectivity index (χ4n) is 3.42. The van der Waals surface area contributed by atoms with Gasteiger partial charge in [-0.25, -0.2) is 4.79 Å². The normalized spacial score (nSPS) is 14.4. The minimum absolute atomic E-state index is 0.0621. The molecule has 0 radical (unpaired) electrons. The molecule has 0 aromatic carbocycles. The number of ether oxygens (including phenoxy) is 2. The molecule has 0 bridgehead atoms. The first-order valence-corrected chi connectivity index (χ1v) is 10.8. The first kappa shape index (κ1) is 23.9. The van der Waals surface area contributed by atoms with Gasteiger partial charge in [0.25, 0.3) is 5.56 Å². The fourth-order valence-corrected chi connectivity index (χ4v) is 3.66. The second-order valence-electron chi connectivity index (χ2n) is 8.38. The zero-order chi connectivity index (χ0) is 23.5. The number of amides is 1. The van der Waals surface area contributed by atoms with Gasteiger partial charge in [0, 0.05) is 33.3 Å². The summed E-state index contributed by atoms with van der Waals surface area (Å²) in [4.78, 5) is 38.2. The van der Waals surface area contributed by atoms with E-state index in [1.807, 2.05) is 25.7 Å². The average Bonchev–Trinajstić information content (AvgIpc) is 3.09. The molecule has 0 N–H and O–H groups in total. The average molecular weight is 465 g/mol. The molecule has 32 heavy (non-hydrogen) atoms. The van der Waals surface area contributed by atoms with Crippen LogP contribution in [0.1, 0.15) is 27.7 Å². The number of carbonyl (C=O) groups excluding carboxylic acids is 1. The van der Waals surface area contributed by atoms with Crippen molar-refractivity contribution in [3.05, 3.63) is 15.6 Å². The Hall–Kier alpha value is -2.77. The lowest BCUT2D eigenvalue weighted by Crippen LogP contribution is -2.50. The molecule has 0 spiro atoms. The highest BCUT2D eigenvalue weighted by Crippen LogP contribution is 2.22. The Morgan fingerprint density at radius 2 is 1.84 bits per heavy atom. The van der Waals surface area contributed by atoms with Crippen LogP contribution in [0.3, 0.4) is 0 Å². The standard InChI is InChI=1S/C21H29ClN6O4/c1-6-7-8-27-15-16(23-18(22)28(17(15)29)13-14-31-5)24-19(27)25-9-11-26(12-10-25)20(30)32-21(2,3)4/h8-14H2,1-5H3. The fraction of sp³-hybridized carbons (Fsp3) is 0.619. The van der Waals surface area contributed by atoms with Gasteiger partial charge >= 0.3 is 6.09 Å². The van der Waals surface area contributed by atoms with Crippen molar-refractivity contribution >= 4 is 34.8 Å². The molecule has 174 valence electrons. The number of nitrogens with zero attached hydrogens (tertiary/aromatic N) is 6. The molecule has 2 aromatic rings. The molecule has 10 nitrogen and oxygen atoms in total. The molecule has 1 amide bonds. The minimum Gasteiger partial charge on any atom is -0.444 e. The largest absolute Gasteiger partial charge is 0.444 e. The summed E-state index contributed by atoms with van der Waals surface area (Å²) in [6.07, 6.45) is -0.336. The smallest absolute Gasteiger partial charge is 0.410 e. The van der Waals surface area contributed by atoms with Gasteiger partial charge in [-0.2, -0.15) is 9.97 Å². The van der Waals surface area contributed by atoms with Crippen LogP contribution in [-0.4, -0.2) is 75.6 Å². The van der Waals surface area contributed by atoms with Crippen LogP contribution in [0.5, 0.6) is 0 Å². The van der Waals surface area contributed by atoms with Crippen LogP contribution in [0.2, 0.25) is 5.28 Å². The molecule has 3 rings (SSSR count). The maximum absolute atomic E-state index is 13.2. The van der Waals surface area contributed by atoms with Crippen LogP contribution in [0.15, 0.2) is 4.79 Å². The number of hydrogen-bond acceptors (Lipinski definition) is 7. The van der Waals surface area contributed by atoms with Crippen LogP contribution >= 0.6 is 11.6 Å². The van der Waals surface area contributed by atoms with Gasteiger partial charge < -0.3 is 19.3 Å². The quantitative estimate of drug-likeness (QED) is 0.493. The Morgan fingerprint density at radius 1 is 1.16 bits per heavy atom.